The fourth-order valence-electron chi connectivity index (χ4n) is 2.71. The number of nitrogens with zero attached hydrogens (tertiary/aromatic N) is 1. The first-order valence-corrected chi connectivity index (χ1v) is 10.4. The lowest BCUT2D eigenvalue weighted by atomic mass is 10.2. The maximum atomic E-state index is 6.00. The van der Waals surface area contributed by atoms with Gasteiger partial charge in [0.2, 0.25) is 5.88 Å². The monoisotopic (exact) mass is 456 g/mol. The van der Waals surface area contributed by atoms with Crippen molar-refractivity contribution in [3.05, 3.63) is 82.5 Å². The normalized spacial score (nSPS) is 10.6. The fraction of sp³-hybridized carbons (Fsp3) is 0.261. The number of hydrogen-bond donors (Lipinski definition) is 1. The molecule has 0 spiro atoms. The van der Waals surface area contributed by atoms with Gasteiger partial charge in [-0.05, 0) is 36.2 Å². The quantitative estimate of drug-likeness (QED) is 0.411. The molecule has 3 aromatic rings. The molecule has 6 heteroatoms. The zero-order chi connectivity index (χ0) is 20.3. The molecular weight excluding hydrogens is 432 g/mol. The van der Waals surface area contributed by atoms with Crippen LogP contribution in [-0.4, -0.2) is 24.7 Å². The SMILES string of the molecule is CCOc1cc(CNCCOc2ccccn2)c(Br)cc1OCc1ccccc1. The summed E-state index contributed by atoms with van der Waals surface area (Å²) in [5.41, 5.74) is 2.21. The van der Waals surface area contributed by atoms with Crippen molar-refractivity contribution in [2.45, 2.75) is 20.1 Å². The summed E-state index contributed by atoms with van der Waals surface area (Å²) in [5.74, 6) is 2.10. The van der Waals surface area contributed by atoms with Crippen molar-refractivity contribution < 1.29 is 14.2 Å². The van der Waals surface area contributed by atoms with Crippen LogP contribution in [0, 0.1) is 0 Å². The number of pyridine rings is 1. The van der Waals surface area contributed by atoms with E-state index in [1.165, 1.54) is 0 Å². The summed E-state index contributed by atoms with van der Waals surface area (Å²) >= 11 is 3.65. The lowest BCUT2D eigenvalue weighted by Gasteiger charge is -2.15. The highest BCUT2D eigenvalue weighted by molar-refractivity contribution is 9.10. The van der Waals surface area contributed by atoms with Crippen LogP contribution in [0.25, 0.3) is 0 Å². The van der Waals surface area contributed by atoms with Crippen molar-refractivity contribution >= 4 is 15.9 Å². The number of hydrogen-bond acceptors (Lipinski definition) is 5. The molecule has 0 saturated carbocycles. The Balaban J connectivity index is 1.55. The minimum absolute atomic E-state index is 0.496. The van der Waals surface area contributed by atoms with Gasteiger partial charge in [-0.3, -0.25) is 0 Å². The van der Waals surface area contributed by atoms with Crippen molar-refractivity contribution in [3.8, 4) is 17.4 Å². The number of ether oxygens (including phenoxy) is 3. The van der Waals surface area contributed by atoms with E-state index in [0.29, 0.717) is 38.8 Å². The van der Waals surface area contributed by atoms with Gasteiger partial charge in [-0.25, -0.2) is 4.98 Å². The molecule has 1 heterocycles. The van der Waals surface area contributed by atoms with Crippen LogP contribution in [0.3, 0.4) is 0 Å². The van der Waals surface area contributed by atoms with E-state index >= 15 is 0 Å². The molecule has 1 aromatic heterocycles. The number of rotatable bonds is 11. The third-order valence-corrected chi connectivity index (χ3v) is 4.87. The van der Waals surface area contributed by atoms with Crippen molar-refractivity contribution in [3.63, 3.8) is 0 Å². The highest BCUT2D eigenvalue weighted by Gasteiger charge is 2.11. The van der Waals surface area contributed by atoms with Crippen molar-refractivity contribution in [1.82, 2.24) is 10.3 Å². The average Bonchev–Trinajstić information content (AvgIpc) is 2.76. The van der Waals surface area contributed by atoms with Gasteiger partial charge in [-0.2, -0.15) is 0 Å². The summed E-state index contributed by atoms with van der Waals surface area (Å²) in [4.78, 5) is 4.14. The Hall–Kier alpha value is -2.57. The lowest BCUT2D eigenvalue weighted by molar-refractivity contribution is 0.268. The summed E-state index contributed by atoms with van der Waals surface area (Å²) in [5, 5.41) is 3.38. The van der Waals surface area contributed by atoms with Crippen LogP contribution in [0.4, 0.5) is 0 Å². The highest BCUT2D eigenvalue weighted by atomic mass is 79.9. The Labute approximate surface area is 180 Å². The summed E-state index contributed by atoms with van der Waals surface area (Å²) in [7, 11) is 0. The van der Waals surface area contributed by atoms with E-state index < -0.39 is 0 Å². The van der Waals surface area contributed by atoms with Gasteiger partial charge in [0.15, 0.2) is 11.5 Å². The Morgan fingerprint density at radius 2 is 1.72 bits per heavy atom. The summed E-state index contributed by atoms with van der Waals surface area (Å²) < 4.78 is 18.4. The summed E-state index contributed by atoms with van der Waals surface area (Å²) in [6, 6.07) is 19.7. The maximum Gasteiger partial charge on any atom is 0.213 e. The van der Waals surface area contributed by atoms with E-state index in [2.05, 4.69) is 26.2 Å². The Morgan fingerprint density at radius 1 is 0.931 bits per heavy atom. The van der Waals surface area contributed by atoms with Crippen molar-refractivity contribution in [1.29, 1.82) is 0 Å². The van der Waals surface area contributed by atoms with E-state index in [4.69, 9.17) is 14.2 Å². The second-order valence-electron chi connectivity index (χ2n) is 6.29. The molecule has 0 fully saturated rings. The molecular formula is C23H25BrN2O3. The van der Waals surface area contributed by atoms with Gasteiger partial charge in [-0.15, -0.1) is 0 Å². The van der Waals surface area contributed by atoms with Crippen LogP contribution < -0.4 is 19.5 Å². The smallest absolute Gasteiger partial charge is 0.213 e. The largest absolute Gasteiger partial charge is 0.490 e. The molecule has 0 radical (unpaired) electrons. The van der Waals surface area contributed by atoms with E-state index in [0.717, 1.165) is 27.1 Å². The van der Waals surface area contributed by atoms with Crippen LogP contribution in [0.2, 0.25) is 0 Å². The number of aromatic nitrogens is 1. The second kappa shape index (κ2) is 11.4. The molecule has 2 aromatic carbocycles. The van der Waals surface area contributed by atoms with Crippen LogP contribution in [0.15, 0.2) is 71.3 Å². The third kappa shape index (κ3) is 6.76. The van der Waals surface area contributed by atoms with Gasteiger partial charge in [0.25, 0.3) is 0 Å². The minimum atomic E-state index is 0.496. The molecule has 0 aliphatic rings. The van der Waals surface area contributed by atoms with Gasteiger partial charge in [0.1, 0.15) is 13.2 Å². The zero-order valence-electron chi connectivity index (χ0n) is 16.4. The first-order chi connectivity index (χ1) is 14.3. The van der Waals surface area contributed by atoms with Crippen LogP contribution >= 0.6 is 15.9 Å². The minimum Gasteiger partial charge on any atom is -0.490 e. The van der Waals surface area contributed by atoms with Crippen molar-refractivity contribution in [2.24, 2.45) is 0 Å². The molecule has 0 bridgehead atoms. The highest BCUT2D eigenvalue weighted by Crippen LogP contribution is 2.34. The predicted octanol–water partition coefficient (Wildman–Crippen LogP) is 4.99. The molecule has 0 unspecified atom stereocenters. The number of nitrogens with one attached hydrogen (secondary N) is 1. The van der Waals surface area contributed by atoms with E-state index in [1.807, 2.05) is 67.6 Å². The van der Waals surface area contributed by atoms with E-state index in [1.54, 1.807) is 6.20 Å². The summed E-state index contributed by atoms with van der Waals surface area (Å²) in [6.07, 6.45) is 1.72. The van der Waals surface area contributed by atoms with Gasteiger partial charge >= 0.3 is 0 Å². The van der Waals surface area contributed by atoms with Gasteiger partial charge in [0, 0.05) is 29.8 Å². The Morgan fingerprint density at radius 3 is 2.48 bits per heavy atom. The molecule has 0 saturated heterocycles. The molecule has 152 valence electrons. The van der Waals surface area contributed by atoms with Crippen molar-refractivity contribution in [2.75, 3.05) is 19.8 Å². The molecule has 0 aliphatic carbocycles. The zero-order valence-corrected chi connectivity index (χ0v) is 18.0. The predicted molar refractivity (Wildman–Crippen MR) is 118 cm³/mol. The van der Waals surface area contributed by atoms with Gasteiger partial charge in [0.05, 0.1) is 6.61 Å². The molecule has 0 amide bonds. The van der Waals surface area contributed by atoms with Crippen LogP contribution in [-0.2, 0) is 13.2 Å². The molecule has 3 rings (SSSR count). The van der Waals surface area contributed by atoms with Crippen LogP contribution in [0.1, 0.15) is 18.1 Å². The molecule has 5 nitrogen and oxygen atoms in total. The van der Waals surface area contributed by atoms with E-state index in [9.17, 15) is 0 Å². The summed E-state index contributed by atoms with van der Waals surface area (Å²) in [6.45, 7) is 4.98. The first kappa shape index (κ1) is 21.1. The number of benzene rings is 2. The third-order valence-electron chi connectivity index (χ3n) is 4.13. The topological polar surface area (TPSA) is 52.6 Å². The Kier molecular flexibility index (Phi) is 8.34. The standard InChI is InChI=1S/C23H25BrN2O3/c1-2-27-21-14-19(16-25-12-13-28-23-10-6-7-11-26-23)20(24)15-22(21)29-17-18-8-4-3-5-9-18/h3-11,14-15,25H,2,12-13,16-17H2,1H3. The Bertz CT molecular complexity index is 876. The molecule has 0 aliphatic heterocycles. The second-order valence-corrected chi connectivity index (χ2v) is 7.15. The van der Waals surface area contributed by atoms with E-state index in [-0.39, 0.29) is 0 Å². The molecule has 1 N–H and O–H groups in total. The van der Waals surface area contributed by atoms with Gasteiger partial charge < -0.3 is 19.5 Å². The lowest BCUT2D eigenvalue weighted by Crippen LogP contribution is -2.21. The molecule has 29 heavy (non-hydrogen) atoms. The van der Waals surface area contributed by atoms with Gasteiger partial charge in [-0.1, -0.05) is 52.3 Å². The average molecular weight is 457 g/mol. The number of halogens is 1. The van der Waals surface area contributed by atoms with Crippen LogP contribution in [0.5, 0.6) is 17.4 Å². The first-order valence-electron chi connectivity index (χ1n) is 9.62. The fourth-order valence-corrected chi connectivity index (χ4v) is 3.17. The molecule has 0 atom stereocenters. The maximum absolute atomic E-state index is 6.00.